The summed E-state index contributed by atoms with van der Waals surface area (Å²) in [5.74, 6) is -0.221. The van der Waals surface area contributed by atoms with E-state index in [4.69, 9.17) is 0 Å². The smallest absolute Gasteiger partial charge is 0.224 e. The molecule has 0 aliphatic heterocycles. The van der Waals surface area contributed by atoms with Gasteiger partial charge in [-0.05, 0) is 63.8 Å². The monoisotopic (exact) mass is 370 g/mol. The summed E-state index contributed by atoms with van der Waals surface area (Å²) < 4.78 is 15.3. The molecule has 1 aliphatic carbocycles. The largest absolute Gasteiger partial charge is 0.351 e. The standard InChI is InChI=1S/C22H27FN2O2/c1-14-17(12-20(27)24-22(2,3)4)21-18(6-5-7-19(21)26)25(14)13-15-8-10-16(23)11-9-15/h8-11H,5-7,12-13H2,1-4H3,(H,24,27). The van der Waals surface area contributed by atoms with Gasteiger partial charge in [-0.15, -0.1) is 0 Å². The van der Waals surface area contributed by atoms with Gasteiger partial charge in [0.2, 0.25) is 5.91 Å². The summed E-state index contributed by atoms with van der Waals surface area (Å²) in [6.07, 6.45) is 2.38. The van der Waals surface area contributed by atoms with E-state index in [0.29, 0.717) is 13.0 Å². The number of carbonyl (C=O) groups is 2. The van der Waals surface area contributed by atoms with Gasteiger partial charge in [0.05, 0.1) is 6.42 Å². The molecule has 0 saturated heterocycles. The minimum Gasteiger partial charge on any atom is -0.351 e. The summed E-state index contributed by atoms with van der Waals surface area (Å²) >= 11 is 0. The Morgan fingerprint density at radius 2 is 1.85 bits per heavy atom. The van der Waals surface area contributed by atoms with E-state index in [2.05, 4.69) is 9.88 Å². The number of fused-ring (bicyclic) bond motifs is 1. The molecule has 0 radical (unpaired) electrons. The van der Waals surface area contributed by atoms with Gasteiger partial charge < -0.3 is 9.88 Å². The van der Waals surface area contributed by atoms with Crippen LogP contribution in [0.15, 0.2) is 24.3 Å². The predicted octanol–water partition coefficient (Wildman–Crippen LogP) is 3.96. The van der Waals surface area contributed by atoms with Gasteiger partial charge in [-0.2, -0.15) is 0 Å². The highest BCUT2D eigenvalue weighted by Gasteiger charge is 2.29. The maximum Gasteiger partial charge on any atom is 0.224 e. The molecule has 5 heteroatoms. The van der Waals surface area contributed by atoms with Crippen LogP contribution in [0.5, 0.6) is 0 Å². The number of halogens is 1. The second kappa shape index (κ2) is 7.29. The van der Waals surface area contributed by atoms with Crippen molar-refractivity contribution in [2.24, 2.45) is 0 Å². The number of benzene rings is 1. The Morgan fingerprint density at radius 3 is 2.48 bits per heavy atom. The summed E-state index contributed by atoms with van der Waals surface area (Å²) in [4.78, 5) is 25.1. The van der Waals surface area contributed by atoms with Crippen molar-refractivity contribution in [3.8, 4) is 0 Å². The van der Waals surface area contributed by atoms with E-state index in [1.807, 2.05) is 27.7 Å². The molecule has 0 saturated carbocycles. The van der Waals surface area contributed by atoms with Crippen LogP contribution < -0.4 is 5.32 Å². The third-order valence-electron chi connectivity index (χ3n) is 4.96. The molecule has 144 valence electrons. The van der Waals surface area contributed by atoms with Crippen molar-refractivity contribution in [3.05, 3.63) is 58.2 Å². The van der Waals surface area contributed by atoms with Gasteiger partial charge in [-0.1, -0.05) is 12.1 Å². The molecule has 0 bridgehead atoms. The zero-order valence-electron chi connectivity index (χ0n) is 16.5. The number of carbonyl (C=O) groups excluding carboxylic acids is 2. The van der Waals surface area contributed by atoms with Crippen molar-refractivity contribution in [1.29, 1.82) is 0 Å². The average molecular weight is 370 g/mol. The second-order valence-corrected chi connectivity index (χ2v) is 8.35. The van der Waals surface area contributed by atoms with E-state index < -0.39 is 0 Å². The van der Waals surface area contributed by atoms with Crippen molar-refractivity contribution >= 4 is 11.7 Å². The van der Waals surface area contributed by atoms with Gasteiger partial charge in [-0.25, -0.2) is 4.39 Å². The molecule has 1 aliphatic rings. The normalized spacial score (nSPS) is 14.2. The first-order chi connectivity index (χ1) is 12.7. The molecule has 1 aromatic carbocycles. The highest BCUT2D eigenvalue weighted by atomic mass is 19.1. The number of amides is 1. The molecular weight excluding hydrogens is 343 g/mol. The molecule has 27 heavy (non-hydrogen) atoms. The van der Waals surface area contributed by atoms with Gasteiger partial charge >= 0.3 is 0 Å². The van der Waals surface area contributed by atoms with Crippen molar-refractivity contribution in [2.75, 3.05) is 0 Å². The van der Waals surface area contributed by atoms with E-state index in [1.54, 1.807) is 12.1 Å². The lowest BCUT2D eigenvalue weighted by Gasteiger charge is -2.21. The van der Waals surface area contributed by atoms with Gasteiger partial charge in [-0.3, -0.25) is 9.59 Å². The average Bonchev–Trinajstić information content (AvgIpc) is 2.82. The molecule has 1 N–H and O–H groups in total. The molecule has 1 heterocycles. The van der Waals surface area contributed by atoms with Gasteiger partial charge in [0.1, 0.15) is 5.82 Å². The molecule has 1 amide bonds. The van der Waals surface area contributed by atoms with E-state index >= 15 is 0 Å². The van der Waals surface area contributed by atoms with Crippen LogP contribution in [0, 0.1) is 12.7 Å². The Bertz CT molecular complexity index is 873. The van der Waals surface area contributed by atoms with Crippen LogP contribution in [-0.2, 0) is 24.2 Å². The molecular formula is C22H27FN2O2. The Balaban J connectivity index is 1.98. The minimum atomic E-state index is -0.314. The van der Waals surface area contributed by atoms with E-state index in [-0.39, 0.29) is 29.5 Å². The van der Waals surface area contributed by atoms with Crippen LogP contribution in [0.2, 0.25) is 0 Å². The molecule has 0 spiro atoms. The first-order valence-corrected chi connectivity index (χ1v) is 9.45. The van der Waals surface area contributed by atoms with Crippen LogP contribution in [0.3, 0.4) is 0 Å². The quantitative estimate of drug-likeness (QED) is 0.886. The van der Waals surface area contributed by atoms with E-state index in [0.717, 1.165) is 40.9 Å². The Hall–Kier alpha value is -2.43. The molecule has 0 fully saturated rings. The van der Waals surface area contributed by atoms with Gasteiger partial charge in [0, 0.05) is 35.5 Å². The Labute approximate surface area is 159 Å². The van der Waals surface area contributed by atoms with Crippen LogP contribution in [0.25, 0.3) is 0 Å². The van der Waals surface area contributed by atoms with Gasteiger partial charge in [0.15, 0.2) is 5.78 Å². The number of Topliss-reactive ketones (excluding diaryl/α,β-unsaturated/α-hetero) is 1. The third-order valence-corrected chi connectivity index (χ3v) is 4.96. The Morgan fingerprint density at radius 1 is 1.19 bits per heavy atom. The number of nitrogens with one attached hydrogen (secondary N) is 1. The summed E-state index contributed by atoms with van der Waals surface area (Å²) in [7, 11) is 0. The number of hydrogen-bond donors (Lipinski definition) is 1. The molecule has 4 nitrogen and oxygen atoms in total. The van der Waals surface area contributed by atoms with Crippen LogP contribution in [-0.4, -0.2) is 21.8 Å². The van der Waals surface area contributed by atoms with Gasteiger partial charge in [0.25, 0.3) is 0 Å². The summed E-state index contributed by atoms with van der Waals surface area (Å²) in [6, 6.07) is 6.42. The first kappa shape index (κ1) is 19.3. The lowest BCUT2D eigenvalue weighted by atomic mass is 9.91. The third kappa shape index (κ3) is 4.29. The first-order valence-electron chi connectivity index (χ1n) is 9.45. The van der Waals surface area contributed by atoms with E-state index in [1.165, 1.54) is 12.1 Å². The molecule has 2 aromatic rings. The number of hydrogen-bond acceptors (Lipinski definition) is 2. The minimum absolute atomic E-state index is 0.0781. The summed E-state index contributed by atoms with van der Waals surface area (Å²) in [5.41, 5.74) is 4.17. The second-order valence-electron chi connectivity index (χ2n) is 8.35. The van der Waals surface area contributed by atoms with Crippen molar-refractivity contribution in [2.45, 2.75) is 65.5 Å². The summed E-state index contributed by atoms with van der Waals surface area (Å²) in [5, 5.41) is 2.98. The molecule has 0 unspecified atom stereocenters. The highest BCUT2D eigenvalue weighted by molar-refractivity contribution is 6.01. The maximum atomic E-state index is 13.2. The lowest BCUT2D eigenvalue weighted by Crippen LogP contribution is -2.41. The Kier molecular flexibility index (Phi) is 5.22. The van der Waals surface area contributed by atoms with Crippen LogP contribution in [0.4, 0.5) is 4.39 Å². The SMILES string of the molecule is Cc1c(CC(=O)NC(C)(C)C)c2c(n1Cc1ccc(F)cc1)CCCC2=O. The molecule has 0 atom stereocenters. The summed E-state index contributed by atoms with van der Waals surface area (Å²) in [6.45, 7) is 8.37. The maximum absolute atomic E-state index is 13.2. The number of aromatic nitrogens is 1. The van der Waals surface area contributed by atoms with Crippen molar-refractivity contribution in [1.82, 2.24) is 9.88 Å². The lowest BCUT2D eigenvalue weighted by molar-refractivity contribution is -0.121. The fraction of sp³-hybridized carbons (Fsp3) is 0.455. The fourth-order valence-corrected chi connectivity index (χ4v) is 3.81. The number of ketones is 1. The number of rotatable bonds is 4. The highest BCUT2D eigenvalue weighted by Crippen LogP contribution is 2.31. The topological polar surface area (TPSA) is 51.1 Å². The fourth-order valence-electron chi connectivity index (χ4n) is 3.81. The number of nitrogens with zero attached hydrogens (tertiary/aromatic N) is 1. The van der Waals surface area contributed by atoms with Crippen LogP contribution in [0.1, 0.15) is 66.5 Å². The van der Waals surface area contributed by atoms with E-state index in [9.17, 15) is 14.0 Å². The zero-order valence-corrected chi connectivity index (χ0v) is 16.5. The predicted molar refractivity (Wildman–Crippen MR) is 104 cm³/mol. The van der Waals surface area contributed by atoms with Crippen molar-refractivity contribution < 1.29 is 14.0 Å². The molecule has 3 rings (SSSR count). The molecule has 1 aromatic heterocycles. The van der Waals surface area contributed by atoms with Crippen LogP contribution >= 0.6 is 0 Å². The van der Waals surface area contributed by atoms with Crippen molar-refractivity contribution in [3.63, 3.8) is 0 Å². The zero-order chi connectivity index (χ0) is 19.8.